The van der Waals surface area contributed by atoms with Crippen LogP contribution < -0.4 is 5.73 Å². The highest BCUT2D eigenvalue weighted by Gasteiger charge is 2.17. The highest BCUT2D eigenvalue weighted by Crippen LogP contribution is 2.17. The molecule has 0 radical (unpaired) electrons. The molecule has 1 aromatic heterocycles. The van der Waals surface area contributed by atoms with Crippen molar-refractivity contribution in [2.75, 3.05) is 19.8 Å². The van der Waals surface area contributed by atoms with E-state index < -0.39 is 0 Å². The van der Waals surface area contributed by atoms with E-state index in [1.54, 1.807) is 6.20 Å². The summed E-state index contributed by atoms with van der Waals surface area (Å²) < 4.78 is 11.2. The van der Waals surface area contributed by atoms with Crippen molar-refractivity contribution >= 4 is 0 Å². The third-order valence-corrected chi connectivity index (χ3v) is 2.62. The fourth-order valence-electron chi connectivity index (χ4n) is 1.63. The summed E-state index contributed by atoms with van der Waals surface area (Å²) in [6.45, 7) is 6.03. The summed E-state index contributed by atoms with van der Waals surface area (Å²) in [5, 5.41) is 0. The lowest BCUT2D eigenvalue weighted by Gasteiger charge is -2.20. The quantitative estimate of drug-likeness (QED) is 0.685. The van der Waals surface area contributed by atoms with E-state index in [1.165, 1.54) is 0 Å². The zero-order valence-electron chi connectivity index (χ0n) is 11.3. The summed E-state index contributed by atoms with van der Waals surface area (Å²) in [6, 6.07) is 5.68. The fourth-order valence-corrected chi connectivity index (χ4v) is 1.63. The second-order valence-corrected chi connectivity index (χ2v) is 4.37. The number of rotatable bonds is 9. The van der Waals surface area contributed by atoms with Crippen molar-refractivity contribution in [3.05, 3.63) is 30.1 Å². The summed E-state index contributed by atoms with van der Waals surface area (Å²) in [4.78, 5) is 4.28. The van der Waals surface area contributed by atoms with E-state index in [9.17, 15) is 0 Å². The van der Waals surface area contributed by atoms with Crippen LogP contribution in [0.15, 0.2) is 24.4 Å². The molecule has 1 rings (SSSR count). The van der Waals surface area contributed by atoms with Gasteiger partial charge in [0.25, 0.3) is 0 Å². The molecular weight excluding hydrogens is 228 g/mol. The molecular formula is C14H24N2O2. The Balaban J connectivity index is 2.31. The van der Waals surface area contributed by atoms with E-state index in [0.29, 0.717) is 13.2 Å². The Labute approximate surface area is 110 Å². The first-order valence-electron chi connectivity index (χ1n) is 6.61. The monoisotopic (exact) mass is 252 g/mol. The van der Waals surface area contributed by atoms with E-state index in [-0.39, 0.29) is 12.1 Å². The molecule has 0 fully saturated rings. The lowest BCUT2D eigenvalue weighted by Crippen LogP contribution is -2.28. The maximum Gasteiger partial charge on any atom is 0.114 e. The van der Waals surface area contributed by atoms with Crippen molar-refractivity contribution < 1.29 is 9.47 Å². The molecule has 0 aliphatic rings. The number of pyridine rings is 1. The molecule has 0 spiro atoms. The van der Waals surface area contributed by atoms with Gasteiger partial charge in [-0.05, 0) is 25.5 Å². The Morgan fingerprint density at radius 2 is 2.11 bits per heavy atom. The summed E-state index contributed by atoms with van der Waals surface area (Å²) in [7, 11) is 0. The lowest BCUT2D eigenvalue weighted by molar-refractivity contribution is -0.00709. The molecule has 4 nitrogen and oxygen atoms in total. The van der Waals surface area contributed by atoms with Crippen LogP contribution in [0.3, 0.4) is 0 Å². The molecule has 102 valence electrons. The Hall–Kier alpha value is -0.970. The summed E-state index contributed by atoms with van der Waals surface area (Å²) in [6.07, 6.45) is 3.83. The maximum atomic E-state index is 5.93. The topological polar surface area (TPSA) is 57.4 Å². The molecule has 2 atom stereocenters. The van der Waals surface area contributed by atoms with Crippen LogP contribution in [0.4, 0.5) is 0 Å². The van der Waals surface area contributed by atoms with Crippen LogP contribution in [0.2, 0.25) is 0 Å². The minimum absolute atomic E-state index is 0.0875. The standard InChI is InChI=1S/C14H24N2O2/c1-3-4-9-17-10-11-18-14(12(2)15)13-7-5-6-8-16-13/h5-8,12,14H,3-4,9-11,15H2,1-2H3. The number of ether oxygens (including phenoxy) is 2. The minimum Gasteiger partial charge on any atom is -0.379 e. The molecule has 0 saturated carbocycles. The molecule has 0 aromatic carbocycles. The Kier molecular flexibility index (Phi) is 7.57. The van der Waals surface area contributed by atoms with E-state index in [2.05, 4.69) is 11.9 Å². The molecule has 0 bridgehead atoms. The van der Waals surface area contributed by atoms with Crippen LogP contribution in [0.1, 0.15) is 38.5 Å². The van der Waals surface area contributed by atoms with Crippen LogP contribution in [0.5, 0.6) is 0 Å². The van der Waals surface area contributed by atoms with Gasteiger partial charge < -0.3 is 15.2 Å². The normalized spacial score (nSPS) is 14.4. The van der Waals surface area contributed by atoms with E-state index in [1.807, 2.05) is 25.1 Å². The van der Waals surface area contributed by atoms with E-state index >= 15 is 0 Å². The molecule has 0 aliphatic carbocycles. The van der Waals surface area contributed by atoms with Crippen LogP contribution in [-0.4, -0.2) is 30.8 Å². The van der Waals surface area contributed by atoms with Crippen molar-refractivity contribution in [3.8, 4) is 0 Å². The highest BCUT2D eigenvalue weighted by molar-refractivity contribution is 5.08. The summed E-state index contributed by atoms with van der Waals surface area (Å²) in [5.41, 5.74) is 6.80. The van der Waals surface area contributed by atoms with E-state index in [4.69, 9.17) is 15.2 Å². The predicted molar refractivity (Wildman–Crippen MR) is 72.3 cm³/mol. The fraction of sp³-hybridized carbons (Fsp3) is 0.643. The number of aromatic nitrogens is 1. The van der Waals surface area contributed by atoms with Gasteiger partial charge in [-0.1, -0.05) is 19.4 Å². The molecule has 0 aliphatic heterocycles. The van der Waals surface area contributed by atoms with Gasteiger partial charge in [-0.15, -0.1) is 0 Å². The number of hydrogen-bond donors (Lipinski definition) is 1. The maximum absolute atomic E-state index is 5.93. The largest absolute Gasteiger partial charge is 0.379 e. The van der Waals surface area contributed by atoms with Crippen LogP contribution in [0, 0.1) is 0 Å². The smallest absolute Gasteiger partial charge is 0.114 e. The van der Waals surface area contributed by atoms with Crippen molar-refractivity contribution in [2.24, 2.45) is 5.73 Å². The van der Waals surface area contributed by atoms with E-state index in [0.717, 1.165) is 25.1 Å². The molecule has 4 heteroatoms. The van der Waals surface area contributed by atoms with Gasteiger partial charge >= 0.3 is 0 Å². The number of nitrogens with zero attached hydrogens (tertiary/aromatic N) is 1. The summed E-state index contributed by atoms with van der Waals surface area (Å²) in [5.74, 6) is 0. The zero-order chi connectivity index (χ0) is 13.2. The number of hydrogen-bond acceptors (Lipinski definition) is 4. The van der Waals surface area contributed by atoms with Gasteiger partial charge in [0.05, 0.1) is 18.9 Å². The van der Waals surface area contributed by atoms with Gasteiger partial charge in [-0.25, -0.2) is 0 Å². The second-order valence-electron chi connectivity index (χ2n) is 4.37. The number of unbranched alkanes of at least 4 members (excludes halogenated alkanes) is 1. The van der Waals surface area contributed by atoms with Crippen LogP contribution >= 0.6 is 0 Å². The van der Waals surface area contributed by atoms with Gasteiger partial charge in [0, 0.05) is 18.8 Å². The highest BCUT2D eigenvalue weighted by atomic mass is 16.5. The Morgan fingerprint density at radius 3 is 2.72 bits per heavy atom. The molecule has 1 heterocycles. The van der Waals surface area contributed by atoms with Gasteiger partial charge in [0.1, 0.15) is 6.10 Å². The van der Waals surface area contributed by atoms with Crippen molar-refractivity contribution in [1.82, 2.24) is 4.98 Å². The molecule has 0 saturated heterocycles. The van der Waals surface area contributed by atoms with Crippen LogP contribution in [0.25, 0.3) is 0 Å². The SMILES string of the molecule is CCCCOCCOC(c1ccccn1)C(C)N. The van der Waals surface area contributed by atoms with Crippen molar-refractivity contribution in [3.63, 3.8) is 0 Å². The van der Waals surface area contributed by atoms with Gasteiger partial charge in [-0.2, -0.15) is 0 Å². The molecule has 2 unspecified atom stereocenters. The van der Waals surface area contributed by atoms with Crippen molar-refractivity contribution in [2.45, 2.75) is 38.8 Å². The van der Waals surface area contributed by atoms with Gasteiger partial charge in [0.15, 0.2) is 0 Å². The minimum atomic E-state index is -0.166. The first-order valence-corrected chi connectivity index (χ1v) is 6.61. The molecule has 2 N–H and O–H groups in total. The second kappa shape index (κ2) is 9.03. The first kappa shape index (κ1) is 15.1. The lowest BCUT2D eigenvalue weighted by atomic mass is 10.1. The van der Waals surface area contributed by atoms with Crippen molar-refractivity contribution in [1.29, 1.82) is 0 Å². The Bertz CT molecular complexity index is 304. The molecule has 18 heavy (non-hydrogen) atoms. The third-order valence-electron chi connectivity index (χ3n) is 2.62. The average molecular weight is 252 g/mol. The first-order chi connectivity index (χ1) is 8.75. The number of nitrogens with two attached hydrogens (primary N) is 1. The zero-order valence-corrected chi connectivity index (χ0v) is 11.3. The van der Waals surface area contributed by atoms with Gasteiger partial charge in [0.2, 0.25) is 0 Å². The molecule has 1 aromatic rings. The predicted octanol–water partition coefficient (Wildman–Crippen LogP) is 2.30. The Morgan fingerprint density at radius 1 is 1.28 bits per heavy atom. The summed E-state index contributed by atoms with van der Waals surface area (Å²) >= 11 is 0. The van der Waals surface area contributed by atoms with Crippen LogP contribution in [-0.2, 0) is 9.47 Å². The third kappa shape index (κ3) is 5.58. The van der Waals surface area contributed by atoms with Gasteiger partial charge in [-0.3, -0.25) is 4.98 Å². The average Bonchev–Trinajstić information content (AvgIpc) is 2.38. The molecule has 0 amide bonds.